The predicted octanol–water partition coefficient (Wildman–Crippen LogP) is 3.42. The smallest absolute Gasteiger partial charge is 0.337 e. The fourth-order valence-electron chi connectivity index (χ4n) is 3.72. The fourth-order valence-corrected chi connectivity index (χ4v) is 4.33. The molecule has 0 unspecified atom stereocenters. The Bertz CT molecular complexity index is 1340. The van der Waals surface area contributed by atoms with E-state index in [1.807, 2.05) is 6.07 Å². The molecule has 2 aromatic rings. The second-order valence-corrected chi connectivity index (χ2v) is 8.99. The van der Waals surface area contributed by atoms with Crippen LogP contribution in [-0.2, 0) is 9.53 Å². The Morgan fingerprint density at radius 2 is 1.95 bits per heavy atom. The summed E-state index contributed by atoms with van der Waals surface area (Å²) in [5.41, 5.74) is 4.24. The summed E-state index contributed by atoms with van der Waals surface area (Å²) in [6, 6.07) is 8.59. The van der Waals surface area contributed by atoms with Crippen molar-refractivity contribution in [1.29, 1.82) is 5.26 Å². The summed E-state index contributed by atoms with van der Waals surface area (Å²) in [6.45, 7) is 3.32. The normalized spacial score (nSPS) is 15.5. The van der Waals surface area contributed by atoms with E-state index in [1.165, 1.54) is 25.5 Å². The van der Waals surface area contributed by atoms with Gasteiger partial charge >= 0.3 is 12.0 Å². The van der Waals surface area contributed by atoms with Gasteiger partial charge in [0.1, 0.15) is 12.7 Å². The maximum Gasteiger partial charge on any atom is 0.337 e. The molecule has 0 saturated heterocycles. The number of carbonyl (C=O) groups is 2. The number of hydrogen-bond donors (Lipinski definition) is 4. The van der Waals surface area contributed by atoms with Crippen LogP contribution in [0.4, 0.5) is 4.79 Å². The molecule has 1 heterocycles. The lowest BCUT2D eigenvalue weighted by atomic mass is 9.95. The molecule has 12 nitrogen and oxygen atoms in total. The summed E-state index contributed by atoms with van der Waals surface area (Å²) < 4.78 is 21.5. The van der Waals surface area contributed by atoms with E-state index >= 15 is 0 Å². The van der Waals surface area contributed by atoms with E-state index in [-0.39, 0.29) is 34.6 Å². The van der Waals surface area contributed by atoms with E-state index in [0.717, 1.165) is 0 Å². The number of nitrogens with zero attached hydrogens (tertiary/aromatic N) is 2. The van der Waals surface area contributed by atoms with Crippen LogP contribution < -0.4 is 30.3 Å². The molecule has 0 fully saturated rings. The van der Waals surface area contributed by atoms with E-state index in [9.17, 15) is 14.7 Å². The van der Waals surface area contributed by atoms with Crippen molar-refractivity contribution >= 4 is 41.4 Å². The van der Waals surface area contributed by atoms with Gasteiger partial charge in [-0.15, -0.1) is 0 Å². The van der Waals surface area contributed by atoms with Gasteiger partial charge in [0.25, 0.3) is 0 Å². The Balaban J connectivity index is 1.68. The molecule has 0 radical (unpaired) electrons. The molecule has 4 N–H and O–H groups in total. The number of nitriles is 1. The molecule has 0 aromatic heterocycles. The molecule has 2 atom stereocenters. The fraction of sp³-hybridized carbons (Fsp3) is 0.308. The molecule has 0 aliphatic carbocycles. The molecule has 2 amide bonds. The minimum atomic E-state index is -1.20. The number of amides is 2. The number of aliphatic hydroxyl groups excluding tert-OH is 1. The van der Waals surface area contributed by atoms with Crippen molar-refractivity contribution in [1.82, 2.24) is 16.1 Å². The maximum atomic E-state index is 12.4. The first-order valence-electron chi connectivity index (χ1n) is 11.9. The monoisotopic (exact) mass is 591 g/mol. The van der Waals surface area contributed by atoms with Gasteiger partial charge < -0.3 is 34.7 Å². The molecule has 0 bridgehead atoms. The number of nitrogens with one attached hydrogen (secondary N) is 3. The van der Waals surface area contributed by atoms with Crippen LogP contribution in [0.5, 0.6) is 17.2 Å². The van der Waals surface area contributed by atoms with Gasteiger partial charge in [-0.2, -0.15) is 10.4 Å². The molecule has 14 heteroatoms. The first kappa shape index (κ1) is 30.4. The number of esters is 1. The SMILES string of the molecule is CCOc1cc([C@H]2NC(=O)NC(C)=C2C(=O)OC)ccc1OC[C@@H](O)N/N=C\c1cc(Cl)c(OCC#N)c(Cl)c1. The van der Waals surface area contributed by atoms with Gasteiger partial charge in [0.2, 0.25) is 0 Å². The minimum absolute atomic E-state index is 0.190. The Labute approximate surface area is 240 Å². The lowest BCUT2D eigenvalue weighted by Crippen LogP contribution is -2.45. The van der Waals surface area contributed by atoms with Crippen LogP contribution in [0.1, 0.15) is 31.0 Å². The summed E-state index contributed by atoms with van der Waals surface area (Å²) in [6.07, 6.45) is 0.187. The lowest BCUT2D eigenvalue weighted by molar-refractivity contribution is -0.136. The average molecular weight is 592 g/mol. The second-order valence-electron chi connectivity index (χ2n) is 8.18. The van der Waals surface area contributed by atoms with E-state index in [2.05, 4.69) is 21.2 Å². The highest BCUT2D eigenvalue weighted by molar-refractivity contribution is 6.37. The van der Waals surface area contributed by atoms with Gasteiger partial charge in [0, 0.05) is 5.70 Å². The highest BCUT2D eigenvalue weighted by Crippen LogP contribution is 2.35. The van der Waals surface area contributed by atoms with Gasteiger partial charge in [-0.3, -0.25) is 5.43 Å². The van der Waals surface area contributed by atoms with Crippen molar-refractivity contribution in [2.45, 2.75) is 26.1 Å². The number of methoxy groups -OCH3 is 1. The first-order chi connectivity index (χ1) is 19.2. The molecular formula is C26H27Cl2N5O7. The number of ether oxygens (including phenoxy) is 4. The number of halogens is 2. The summed E-state index contributed by atoms with van der Waals surface area (Å²) in [4.78, 5) is 24.5. The van der Waals surface area contributed by atoms with Gasteiger partial charge in [-0.05, 0) is 49.2 Å². The van der Waals surface area contributed by atoms with Gasteiger partial charge in [-0.25, -0.2) is 9.59 Å². The van der Waals surface area contributed by atoms with E-state index in [4.69, 9.17) is 47.4 Å². The topological polar surface area (TPSA) is 164 Å². The van der Waals surface area contributed by atoms with Crippen LogP contribution in [-0.4, -0.2) is 56.5 Å². The number of hydrogen-bond acceptors (Lipinski definition) is 10. The van der Waals surface area contributed by atoms with Crippen molar-refractivity contribution in [2.75, 3.05) is 26.9 Å². The summed E-state index contributed by atoms with van der Waals surface area (Å²) in [5, 5.41) is 28.6. The van der Waals surface area contributed by atoms with Gasteiger partial charge in [-0.1, -0.05) is 29.3 Å². The van der Waals surface area contributed by atoms with Crippen LogP contribution >= 0.6 is 23.2 Å². The Morgan fingerprint density at radius 3 is 2.60 bits per heavy atom. The zero-order chi connectivity index (χ0) is 29.2. The van der Waals surface area contributed by atoms with Crippen LogP contribution in [0.25, 0.3) is 0 Å². The van der Waals surface area contributed by atoms with Crippen molar-refractivity contribution < 1.29 is 33.6 Å². The highest BCUT2D eigenvalue weighted by atomic mass is 35.5. The highest BCUT2D eigenvalue weighted by Gasteiger charge is 2.32. The second kappa shape index (κ2) is 14.3. The molecule has 0 saturated carbocycles. The van der Waals surface area contributed by atoms with Crippen molar-refractivity contribution in [2.24, 2.45) is 5.10 Å². The predicted molar refractivity (Wildman–Crippen MR) is 147 cm³/mol. The van der Waals surface area contributed by atoms with E-state index in [1.54, 1.807) is 32.0 Å². The summed E-state index contributed by atoms with van der Waals surface area (Å²) in [5.74, 6) is 0.265. The number of urea groups is 1. The molecule has 3 rings (SSSR count). The van der Waals surface area contributed by atoms with E-state index in [0.29, 0.717) is 34.9 Å². The van der Waals surface area contributed by atoms with Crippen LogP contribution in [0.3, 0.4) is 0 Å². The number of allylic oxidation sites excluding steroid dienone is 1. The van der Waals surface area contributed by atoms with Crippen LogP contribution in [0.15, 0.2) is 46.7 Å². The van der Waals surface area contributed by atoms with Crippen LogP contribution in [0.2, 0.25) is 10.0 Å². The summed E-state index contributed by atoms with van der Waals surface area (Å²) in [7, 11) is 1.26. The number of carbonyl (C=O) groups excluding carboxylic acids is 2. The third-order valence-electron chi connectivity index (χ3n) is 5.41. The molecule has 2 aromatic carbocycles. The number of rotatable bonds is 12. The first-order valence-corrected chi connectivity index (χ1v) is 12.7. The number of benzene rings is 2. The average Bonchev–Trinajstić information content (AvgIpc) is 2.91. The molecule has 1 aliphatic rings. The largest absolute Gasteiger partial charge is 0.490 e. The maximum absolute atomic E-state index is 12.4. The molecular weight excluding hydrogens is 565 g/mol. The summed E-state index contributed by atoms with van der Waals surface area (Å²) >= 11 is 12.3. The number of aliphatic hydroxyl groups is 1. The molecule has 1 aliphatic heterocycles. The minimum Gasteiger partial charge on any atom is -0.490 e. The standard InChI is InChI=1S/C26H27Cl2N5O7/c1-4-38-20-11-16(23-22(25(35)37-3)14(2)31-26(36)32-23)5-6-19(20)40-13-21(34)33-30-12-15-9-17(27)24(18(28)10-15)39-8-7-29/h5-6,9-12,21,23,33-34H,4,8,13H2,1-3H3,(H2,31,32,36)/b30-12-/t21-,23-/m1/s1. The third kappa shape index (κ3) is 7.69. The van der Waals surface area contributed by atoms with Gasteiger partial charge in [0.05, 0.1) is 41.6 Å². The Morgan fingerprint density at radius 1 is 1.23 bits per heavy atom. The van der Waals surface area contributed by atoms with Crippen molar-refractivity contribution in [3.8, 4) is 23.3 Å². The van der Waals surface area contributed by atoms with Crippen molar-refractivity contribution in [3.63, 3.8) is 0 Å². The quantitative estimate of drug-likeness (QED) is 0.125. The Kier molecular flexibility index (Phi) is 10.8. The third-order valence-corrected chi connectivity index (χ3v) is 5.97. The molecule has 0 spiro atoms. The zero-order valence-electron chi connectivity index (χ0n) is 21.8. The van der Waals surface area contributed by atoms with Crippen LogP contribution in [0, 0.1) is 11.3 Å². The van der Waals surface area contributed by atoms with E-state index < -0.39 is 24.3 Å². The molecule has 40 heavy (non-hydrogen) atoms. The lowest BCUT2D eigenvalue weighted by Gasteiger charge is -2.28. The molecule has 212 valence electrons. The van der Waals surface area contributed by atoms with Crippen molar-refractivity contribution in [3.05, 3.63) is 62.8 Å². The zero-order valence-corrected chi connectivity index (χ0v) is 23.3. The Hall–Kier alpha value is -4.18. The number of hydrazone groups is 1. The van der Waals surface area contributed by atoms with Gasteiger partial charge in [0.15, 0.2) is 30.1 Å².